The van der Waals surface area contributed by atoms with Crippen LogP contribution in [0.5, 0.6) is 0 Å². The van der Waals surface area contributed by atoms with Gasteiger partial charge in [-0.2, -0.15) is 0 Å². The summed E-state index contributed by atoms with van der Waals surface area (Å²) in [5.41, 5.74) is 7.22. The zero-order chi connectivity index (χ0) is 16.4. The third-order valence-electron chi connectivity index (χ3n) is 3.85. The Bertz CT molecular complexity index is 729. The van der Waals surface area contributed by atoms with Crippen LogP contribution in [0.2, 0.25) is 0 Å². The summed E-state index contributed by atoms with van der Waals surface area (Å²) in [6.45, 7) is 0. The van der Waals surface area contributed by atoms with Crippen molar-refractivity contribution in [3.63, 3.8) is 0 Å². The summed E-state index contributed by atoms with van der Waals surface area (Å²) in [5, 5.41) is 5.29. The topological polar surface area (TPSA) is 84.2 Å². The summed E-state index contributed by atoms with van der Waals surface area (Å²) in [6.07, 6.45) is 0.763. The smallest absolute Gasteiger partial charge is 0.316 e. The quantitative estimate of drug-likeness (QED) is 0.810. The number of benzene rings is 2. The number of nitrogens with two attached hydrogens (primary N) is 1. The Labute approximate surface area is 132 Å². The number of nitrogens with one attached hydrogen (secondary N) is 2. The predicted molar refractivity (Wildman–Crippen MR) is 85.5 cm³/mol. The van der Waals surface area contributed by atoms with E-state index in [-0.39, 0.29) is 23.6 Å². The van der Waals surface area contributed by atoms with Gasteiger partial charge in [-0.15, -0.1) is 0 Å². The summed E-state index contributed by atoms with van der Waals surface area (Å²) >= 11 is 0. The van der Waals surface area contributed by atoms with Crippen molar-refractivity contribution in [3.8, 4) is 0 Å². The summed E-state index contributed by atoms with van der Waals surface area (Å²) in [6, 6.07) is 12.3. The minimum Gasteiger partial charge on any atom is -0.351 e. The number of primary amides is 1. The molecule has 1 saturated carbocycles. The maximum absolute atomic E-state index is 12.9. The molecule has 0 aromatic heterocycles. The molecule has 1 aliphatic rings. The lowest BCUT2D eigenvalue weighted by Crippen LogP contribution is -2.19. The average Bonchev–Trinajstić information content (AvgIpc) is 3.30. The van der Waals surface area contributed by atoms with E-state index in [9.17, 15) is 14.0 Å². The molecule has 1 aliphatic carbocycles. The van der Waals surface area contributed by atoms with Gasteiger partial charge in [0.25, 0.3) is 0 Å². The van der Waals surface area contributed by atoms with E-state index in [0.29, 0.717) is 11.4 Å². The summed E-state index contributed by atoms with van der Waals surface area (Å²) < 4.78 is 12.9. The zero-order valence-electron chi connectivity index (χ0n) is 12.3. The van der Waals surface area contributed by atoms with Gasteiger partial charge in [0.2, 0.25) is 5.91 Å². The molecular weight excluding hydrogens is 297 g/mol. The molecule has 0 spiro atoms. The molecule has 0 aliphatic heterocycles. The van der Waals surface area contributed by atoms with E-state index in [2.05, 4.69) is 10.6 Å². The Morgan fingerprint density at radius 1 is 0.957 bits per heavy atom. The second-order valence-electron chi connectivity index (χ2n) is 5.56. The van der Waals surface area contributed by atoms with Crippen LogP contribution in [0.15, 0.2) is 48.5 Å². The second-order valence-corrected chi connectivity index (χ2v) is 5.56. The first kappa shape index (κ1) is 15.0. The number of carbonyl (C=O) groups is 2. The van der Waals surface area contributed by atoms with Gasteiger partial charge >= 0.3 is 6.03 Å². The van der Waals surface area contributed by atoms with E-state index in [4.69, 9.17) is 5.73 Å². The van der Waals surface area contributed by atoms with Crippen molar-refractivity contribution >= 4 is 23.3 Å². The largest absolute Gasteiger partial charge is 0.351 e. The third kappa shape index (κ3) is 3.66. The molecule has 2 atom stereocenters. The standard InChI is InChI=1S/C17H16FN3O2/c18-11-3-1-10(2-4-11)14-9-15(14)16(22)20-12-5-7-13(8-6-12)21-17(19)23/h1-8,14-15H,9H2,(H,20,22)(H3,19,21,23). The second kappa shape index (κ2) is 6.08. The van der Waals surface area contributed by atoms with Crippen LogP contribution in [-0.4, -0.2) is 11.9 Å². The Morgan fingerprint density at radius 3 is 2.09 bits per heavy atom. The highest BCUT2D eigenvalue weighted by Crippen LogP contribution is 2.47. The lowest BCUT2D eigenvalue weighted by Gasteiger charge is -2.07. The van der Waals surface area contributed by atoms with Crippen LogP contribution < -0.4 is 16.4 Å². The number of carbonyl (C=O) groups excluding carboxylic acids is 2. The van der Waals surface area contributed by atoms with Crippen molar-refractivity contribution in [2.24, 2.45) is 11.7 Å². The highest BCUT2D eigenvalue weighted by molar-refractivity contribution is 5.95. The van der Waals surface area contributed by atoms with E-state index in [1.165, 1.54) is 12.1 Å². The van der Waals surface area contributed by atoms with Gasteiger partial charge in [0, 0.05) is 17.3 Å². The minimum absolute atomic E-state index is 0.0602. The Hall–Kier alpha value is -2.89. The van der Waals surface area contributed by atoms with Gasteiger partial charge in [-0.3, -0.25) is 4.79 Å². The van der Waals surface area contributed by atoms with Crippen LogP contribution in [0, 0.1) is 11.7 Å². The highest BCUT2D eigenvalue weighted by Gasteiger charge is 2.43. The Balaban J connectivity index is 1.58. The lowest BCUT2D eigenvalue weighted by atomic mass is 10.1. The molecule has 4 N–H and O–H groups in total. The SMILES string of the molecule is NC(=O)Nc1ccc(NC(=O)C2CC2c2ccc(F)cc2)cc1. The van der Waals surface area contributed by atoms with Crippen LogP contribution in [0.25, 0.3) is 0 Å². The molecule has 0 heterocycles. The zero-order valence-corrected chi connectivity index (χ0v) is 12.3. The molecule has 3 amide bonds. The van der Waals surface area contributed by atoms with Gasteiger partial charge < -0.3 is 16.4 Å². The summed E-state index contributed by atoms with van der Waals surface area (Å²) in [7, 11) is 0. The van der Waals surface area contributed by atoms with E-state index >= 15 is 0 Å². The minimum atomic E-state index is -0.637. The number of hydrogen-bond donors (Lipinski definition) is 3. The van der Waals surface area contributed by atoms with E-state index in [0.717, 1.165) is 12.0 Å². The fraction of sp³-hybridized carbons (Fsp3) is 0.176. The predicted octanol–water partition coefficient (Wildman–Crippen LogP) is 3.06. The van der Waals surface area contributed by atoms with Gasteiger partial charge in [-0.1, -0.05) is 12.1 Å². The number of anilines is 2. The molecule has 2 unspecified atom stereocenters. The van der Waals surface area contributed by atoms with Gasteiger partial charge in [-0.05, 0) is 54.3 Å². The van der Waals surface area contributed by atoms with Crippen LogP contribution in [0.1, 0.15) is 17.9 Å². The molecule has 3 rings (SSSR count). The molecule has 5 nitrogen and oxygen atoms in total. The number of rotatable bonds is 4. The normalized spacial score (nSPS) is 19.0. The lowest BCUT2D eigenvalue weighted by molar-refractivity contribution is -0.117. The van der Waals surface area contributed by atoms with Gasteiger partial charge in [-0.25, -0.2) is 9.18 Å². The molecule has 118 valence electrons. The van der Waals surface area contributed by atoms with Crippen molar-refractivity contribution < 1.29 is 14.0 Å². The van der Waals surface area contributed by atoms with Gasteiger partial charge in [0.05, 0.1) is 0 Å². The van der Waals surface area contributed by atoms with Gasteiger partial charge in [0.15, 0.2) is 0 Å². The van der Waals surface area contributed by atoms with Crippen molar-refractivity contribution in [1.82, 2.24) is 0 Å². The fourth-order valence-corrected chi connectivity index (χ4v) is 2.58. The number of urea groups is 1. The fourth-order valence-electron chi connectivity index (χ4n) is 2.58. The van der Waals surface area contributed by atoms with Crippen molar-refractivity contribution in [2.45, 2.75) is 12.3 Å². The first-order chi connectivity index (χ1) is 11.0. The molecule has 6 heteroatoms. The average molecular weight is 313 g/mol. The van der Waals surface area contributed by atoms with Crippen LogP contribution >= 0.6 is 0 Å². The van der Waals surface area contributed by atoms with E-state index < -0.39 is 6.03 Å². The maximum atomic E-state index is 12.9. The molecule has 1 fully saturated rings. The van der Waals surface area contributed by atoms with Gasteiger partial charge in [0.1, 0.15) is 5.82 Å². The highest BCUT2D eigenvalue weighted by atomic mass is 19.1. The molecule has 23 heavy (non-hydrogen) atoms. The number of halogens is 1. The van der Waals surface area contributed by atoms with E-state index in [1.807, 2.05) is 0 Å². The Kier molecular flexibility index (Phi) is 3.97. The molecule has 0 saturated heterocycles. The molecule has 2 aromatic rings. The van der Waals surface area contributed by atoms with Crippen molar-refractivity contribution in [2.75, 3.05) is 10.6 Å². The number of amides is 3. The molecule has 2 aromatic carbocycles. The van der Waals surface area contributed by atoms with Crippen molar-refractivity contribution in [3.05, 3.63) is 59.9 Å². The Morgan fingerprint density at radius 2 is 1.52 bits per heavy atom. The molecule has 0 radical (unpaired) electrons. The molecular formula is C17H16FN3O2. The summed E-state index contributed by atoms with van der Waals surface area (Å²) in [4.78, 5) is 23.0. The van der Waals surface area contributed by atoms with Crippen LogP contribution in [0.4, 0.5) is 20.6 Å². The third-order valence-corrected chi connectivity index (χ3v) is 3.85. The molecule has 0 bridgehead atoms. The maximum Gasteiger partial charge on any atom is 0.316 e. The number of hydrogen-bond acceptors (Lipinski definition) is 2. The first-order valence-electron chi connectivity index (χ1n) is 7.26. The van der Waals surface area contributed by atoms with E-state index in [1.54, 1.807) is 36.4 Å². The van der Waals surface area contributed by atoms with Crippen LogP contribution in [0.3, 0.4) is 0 Å². The van der Waals surface area contributed by atoms with Crippen LogP contribution in [-0.2, 0) is 4.79 Å². The monoisotopic (exact) mass is 313 g/mol. The van der Waals surface area contributed by atoms with Crippen molar-refractivity contribution in [1.29, 1.82) is 0 Å². The summed E-state index contributed by atoms with van der Waals surface area (Å²) in [5.74, 6) is -0.287. The first-order valence-corrected chi connectivity index (χ1v) is 7.26.